The highest BCUT2D eigenvalue weighted by Crippen LogP contribution is 2.16. The standard InChI is InChI=1S/C14H24N4O2/c1-4-6-9-15-12(19)11-18(10-5-2)13(20)7-8-14(3)16-17-14/h2,16-17H,4,6-11H2,1,3H3,(H,15,19). The van der Waals surface area contributed by atoms with Gasteiger partial charge in [0.15, 0.2) is 0 Å². The average molecular weight is 280 g/mol. The molecule has 0 unspecified atom stereocenters. The number of hydrogen-bond acceptors (Lipinski definition) is 4. The Balaban J connectivity index is 2.35. The van der Waals surface area contributed by atoms with Crippen molar-refractivity contribution in [2.45, 2.75) is 45.2 Å². The highest BCUT2D eigenvalue weighted by Gasteiger charge is 2.36. The molecule has 0 aromatic carbocycles. The minimum Gasteiger partial charge on any atom is -0.355 e. The summed E-state index contributed by atoms with van der Waals surface area (Å²) in [7, 11) is 0. The molecule has 0 radical (unpaired) electrons. The van der Waals surface area contributed by atoms with E-state index in [1.807, 2.05) is 6.92 Å². The molecule has 1 aliphatic heterocycles. The summed E-state index contributed by atoms with van der Waals surface area (Å²) in [5, 5.41) is 2.79. The third-order valence-corrected chi connectivity index (χ3v) is 3.21. The van der Waals surface area contributed by atoms with Crippen LogP contribution < -0.4 is 16.2 Å². The molecule has 20 heavy (non-hydrogen) atoms. The van der Waals surface area contributed by atoms with Crippen molar-refractivity contribution in [3.8, 4) is 12.3 Å². The van der Waals surface area contributed by atoms with Gasteiger partial charge in [0.05, 0.1) is 12.2 Å². The first-order valence-corrected chi connectivity index (χ1v) is 7.03. The van der Waals surface area contributed by atoms with Gasteiger partial charge in [0.1, 0.15) is 6.54 Å². The molecule has 1 rings (SSSR count). The van der Waals surface area contributed by atoms with Crippen LogP contribution in [0.4, 0.5) is 0 Å². The Kier molecular flexibility index (Phi) is 6.49. The number of hydrazine groups is 1. The number of nitrogens with zero attached hydrogens (tertiary/aromatic N) is 1. The maximum absolute atomic E-state index is 12.1. The first kappa shape index (κ1) is 16.5. The van der Waals surface area contributed by atoms with Crippen LogP contribution in [0.15, 0.2) is 0 Å². The maximum atomic E-state index is 12.1. The van der Waals surface area contributed by atoms with Crippen LogP contribution >= 0.6 is 0 Å². The summed E-state index contributed by atoms with van der Waals surface area (Å²) < 4.78 is 0. The van der Waals surface area contributed by atoms with Crippen LogP contribution in [0.25, 0.3) is 0 Å². The van der Waals surface area contributed by atoms with E-state index >= 15 is 0 Å². The lowest BCUT2D eigenvalue weighted by Crippen LogP contribution is -2.41. The molecule has 6 nitrogen and oxygen atoms in total. The molecule has 2 amide bonds. The largest absolute Gasteiger partial charge is 0.355 e. The molecule has 0 aromatic rings. The van der Waals surface area contributed by atoms with Gasteiger partial charge in [-0.1, -0.05) is 19.3 Å². The van der Waals surface area contributed by atoms with Gasteiger partial charge in [-0.25, -0.2) is 10.9 Å². The molecule has 0 atom stereocenters. The molecule has 0 aromatic heterocycles. The summed E-state index contributed by atoms with van der Waals surface area (Å²) >= 11 is 0. The second-order valence-electron chi connectivity index (χ2n) is 5.24. The van der Waals surface area contributed by atoms with Gasteiger partial charge in [-0.2, -0.15) is 0 Å². The summed E-state index contributed by atoms with van der Waals surface area (Å²) in [5.41, 5.74) is 5.79. The molecule has 0 spiro atoms. The lowest BCUT2D eigenvalue weighted by atomic mass is 10.1. The first-order chi connectivity index (χ1) is 9.50. The number of terminal acetylenes is 1. The molecule has 0 saturated carbocycles. The highest BCUT2D eigenvalue weighted by atomic mass is 16.2. The Bertz CT molecular complexity index is 385. The normalized spacial score (nSPS) is 15.2. The summed E-state index contributed by atoms with van der Waals surface area (Å²) in [4.78, 5) is 25.2. The zero-order valence-electron chi connectivity index (χ0n) is 12.3. The van der Waals surface area contributed by atoms with E-state index in [-0.39, 0.29) is 30.6 Å². The van der Waals surface area contributed by atoms with Crippen molar-refractivity contribution in [3.63, 3.8) is 0 Å². The number of nitrogens with one attached hydrogen (secondary N) is 3. The zero-order valence-corrected chi connectivity index (χ0v) is 12.3. The molecule has 3 N–H and O–H groups in total. The quantitative estimate of drug-likeness (QED) is 0.314. The third-order valence-electron chi connectivity index (χ3n) is 3.21. The molecule has 1 fully saturated rings. The van der Waals surface area contributed by atoms with E-state index in [0.717, 1.165) is 12.8 Å². The topological polar surface area (TPSA) is 93.3 Å². The molecular formula is C14H24N4O2. The van der Waals surface area contributed by atoms with E-state index in [1.165, 1.54) is 4.90 Å². The average Bonchev–Trinajstić information content (AvgIpc) is 3.14. The Morgan fingerprint density at radius 2 is 2.10 bits per heavy atom. The van der Waals surface area contributed by atoms with Gasteiger partial charge in [-0.15, -0.1) is 6.42 Å². The van der Waals surface area contributed by atoms with Crippen LogP contribution in [0.2, 0.25) is 0 Å². The predicted octanol–water partition coefficient (Wildman–Crippen LogP) is -0.0313. The number of carbonyl (C=O) groups excluding carboxylic acids is 2. The van der Waals surface area contributed by atoms with Gasteiger partial charge in [0.25, 0.3) is 0 Å². The van der Waals surface area contributed by atoms with Crippen LogP contribution in [-0.2, 0) is 9.59 Å². The molecule has 0 aliphatic carbocycles. The van der Waals surface area contributed by atoms with Crippen molar-refractivity contribution < 1.29 is 9.59 Å². The fourth-order valence-electron chi connectivity index (χ4n) is 1.72. The van der Waals surface area contributed by atoms with Gasteiger partial charge < -0.3 is 10.2 Å². The number of amides is 2. The molecule has 1 aliphatic rings. The van der Waals surface area contributed by atoms with Gasteiger partial charge >= 0.3 is 0 Å². The lowest BCUT2D eigenvalue weighted by Gasteiger charge is -2.20. The molecule has 112 valence electrons. The van der Waals surface area contributed by atoms with E-state index < -0.39 is 0 Å². The monoisotopic (exact) mass is 280 g/mol. The lowest BCUT2D eigenvalue weighted by molar-refractivity contribution is -0.135. The molecule has 0 bridgehead atoms. The second kappa shape index (κ2) is 7.88. The molecule has 1 heterocycles. The Labute approximate surface area is 120 Å². The fraction of sp³-hybridized carbons (Fsp3) is 0.714. The second-order valence-corrected chi connectivity index (χ2v) is 5.24. The van der Waals surface area contributed by atoms with E-state index in [0.29, 0.717) is 19.4 Å². The van der Waals surface area contributed by atoms with Gasteiger partial charge in [-0.3, -0.25) is 9.59 Å². The van der Waals surface area contributed by atoms with Crippen molar-refractivity contribution in [3.05, 3.63) is 0 Å². The van der Waals surface area contributed by atoms with Crippen molar-refractivity contribution in [2.24, 2.45) is 0 Å². The van der Waals surface area contributed by atoms with E-state index in [2.05, 4.69) is 29.0 Å². The van der Waals surface area contributed by atoms with Crippen molar-refractivity contribution >= 4 is 11.8 Å². The minimum atomic E-state index is -0.157. The number of carbonyl (C=O) groups is 2. The zero-order chi connectivity index (χ0) is 15.0. The van der Waals surface area contributed by atoms with Crippen LogP contribution in [0, 0.1) is 12.3 Å². The van der Waals surface area contributed by atoms with Crippen molar-refractivity contribution in [1.29, 1.82) is 0 Å². The Morgan fingerprint density at radius 1 is 1.40 bits per heavy atom. The summed E-state index contributed by atoms with van der Waals surface area (Å²) in [6.07, 6.45) is 8.25. The maximum Gasteiger partial charge on any atom is 0.239 e. The van der Waals surface area contributed by atoms with E-state index in [9.17, 15) is 9.59 Å². The van der Waals surface area contributed by atoms with E-state index in [4.69, 9.17) is 6.42 Å². The molecular weight excluding hydrogens is 256 g/mol. The summed E-state index contributed by atoms with van der Waals surface area (Å²) in [5.74, 6) is 2.18. The van der Waals surface area contributed by atoms with Gasteiger partial charge in [0, 0.05) is 13.0 Å². The summed E-state index contributed by atoms with van der Waals surface area (Å²) in [6, 6.07) is 0. The van der Waals surface area contributed by atoms with Gasteiger partial charge in [-0.05, 0) is 19.8 Å². The first-order valence-electron chi connectivity index (χ1n) is 7.03. The van der Waals surface area contributed by atoms with E-state index in [1.54, 1.807) is 0 Å². The molecule has 6 heteroatoms. The Morgan fingerprint density at radius 3 is 2.65 bits per heavy atom. The number of hydrogen-bond donors (Lipinski definition) is 3. The summed E-state index contributed by atoms with van der Waals surface area (Å²) in [6.45, 7) is 4.87. The van der Waals surface area contributed by atoms with Crippen molar-refractivity contribution in [2.75, 3.05) is 19.6 Å². The highest BCUT2D eigenvalue weighted by molar-refractivity contribution is 5.85. The van der Waals surface area contributed by atoms with Crippen LogP contribution in [0.5, 0.6) is 0 Å². The smallest absolute Gasteiger partial charge is 0.239 e. The van der Waals surface area contributed by atoms with Gasteiger partial charge in [0.2, 0.25) is 11.8 Å². The van der Waals surface area contributed by atoms with Crippen LogP contribution in [0.3, 0.4) is 0 Å². The number of unbranched alkanes of at least 4 members (excludes halogenated alkanes) is 1. The fourth-order valence-corrected chi connectivity index (χ4v) is 1.72. The van der Waals surface area contributed by atoms with Crippen LogP contribution in [0.1, 0.15) is 39.5 Å². The van der Waals surface area contributed by atoms with Crippen molar-refractivity contribution in [1.82, 2.24) is 21.1 Å². The third kappa shape index (κ3) is 6.04. The Hall–Kier alpha value is -1.58. The molecule has 1 saturated heterocycles. The SMILES string of the molecule is C#CCN(CC(=O)NCCCC)C(=O)CCC1(C)NN1. The van der Waals surface area contributed by atoms with Crippen LogP contribution in [-0.4, -0.2) is 42.0 Å². The minimum absolute atomic E-state index is 0.0321. The number of rotatable bonds is 9. The predicted molar refractivity (Wildman–Crippen MR) is 77.2 cm³/mol.